The molecule has 2 amide bonds. The lowest BCUT2D eigenvalue weighted by Crippen LogP contribution is -2.50. The summed E-state index contributed by atoms with van der Waals surface area (Å²) in [5.74, 6) is 0.493. The number of aromatic nitrogens is 4. The van der Waals surface area contributed by atoms with Crippen molar-refractivity contribution in [3.05, 3.63) is 84.2 Å². The summed E-state index contributed by atoms with van der Waals surface area (Å²) in [4.78, 5) is 35.4. The van der Waals surface area contributed by atoms with E-state index in [2.05, 4.69) is 39.5 Å². The van der Waals surface area contributed by atoms with Gasteiger partial charge >= 0.3 is 0 Å². The van der Waals surface area contributed by atoms with Gasteiger partial charge < -0.3 is 15.0 Å². The number of hydrogen-bond acceptors (Lipinski definition) is 7. The van der Waals surface area contributed by atoms with Gasteiger partial charge in [0.25, 0.3) is 0 Å². The lowest BCUT2D eigenvalue weighted by Gasteiger charge is -2.38. The van der Waals surface area contributed by atoms with Gasteiger partial charge in [-0.25, -0.2) is 9.97 Å². The lowest BCUT2D eigenvalue weighted by atomic mass is 9.94. The molecule has 1 N–H and O–H groups in total. The molecule has 204 valence electrons. The van der Waals surface area contributed by atoms with Crippen molar-refractivity contribution in [3.8, 4) is 39.5 Å². The summed E-state index contributed by atoms with van der Waals surface area (Å²) in [6, 6.07) is 12.3. The quantitative estimate of drug-likeness (QED) is 0.303. The van der Waals surface area contributed by atoms with Gasteiger partial charge in [0.05, 0.1) is 37.2 Å². The van der Waals surface area contributed by atoms with Crippen molar-refractivity contribution in [3.63, 3.8) is 0 Å². The van der Waals surface area contributed by atoms with E-state index in [9.17, 15) is 9.59 Å². The Morgan fingerprint density at radius 2 is 2.05 bits per heavy atom. The molecule has 5 aromatic rings. The minimum absolute atomic E-state index is 0.0427. The van der Waals surface area contributed by atoms with E-state index < -0.39 is 0 Å². The third-order valence-electron chi connectivity index (χ3n) is 7.75. The molecule has 0 aliphatic carbocycles. The smallest absolute Gasteiger partial charge is 0.246 e. The number of nitrogens with one attached hydrogen (secondary N) is 1. The van der Waals surface area contributed by atoms with Crippen LogP contribution in [0.15, 0.2) is 73.0 Å². The number of fused-ring (bicyclic) bond motifs is 2. The molecule has 2 aliphatic heterocycles. The second kappa shape index (κ2) is 9.97. The number of amides is 2. The molecule has 6 heterocycles. The van der Waals surface area contributed by atoms with E-state index in [1.54, 1.807) is 29.5 Å². The summed E-state index contributed by atoms with van der Waals surface area (Å²) in [6.07, 6.45) is 7.28. The Bertz CT molecular complexity index is 1850. The number of carbonyl (C=O) groups is 2. The Labute approximate surface area is 240 Å². The van der Waals surface area contributed by atoms with Crippen LogP contribution in [0, 0.1) is 0 Å². The van der Waals surface area contributed by atoms with Gasteiger partial charge in [0.2, 0.25) is 17.7 Å². The van der Waals surface area contributed by atoms with Crippen LogP contribution in [0.25, 0.3) is 43.7 Å². The molecule has 7 rings (SSSR count). The molecule has 4 aromatic heterocycles. The molecule has 9 nitrogen and oxygen atoms in total. The van der Waals surface area contributed by atoms with Gasteiger partial charge in [-0.05, 0) is 46.8 Å². The summed E-state index contributed by atoms with van der Waals surface area (Å²) >= 11 is 1.65. The Hall–Kier alpha value is -4.83. The Kier molecular flexibility index (Phi) is 6.12. The van der Waals surface area contributed by atoms with Gasteiger partial charge in [0, 0.05) is 64.4 Å². The predicted molar refractivity (Wildman–Crippen MR) is 157 cm³/mol. The molecule has 1 fully saturated rings. The number of hydrogen-bond donors (Lipinski definition) is 1. The third-order valence-corrected chi connectivity index (χ3v) is 8.68. The SMILES string of the molecule is C=CC(=O)N1CC(n2cc(-c3nc(-c4ccc5c(c4)CNC(=O)C5)c4ccsc4c3-c3cccnc3OC)cn2)C1. The minimum Gasteiger partial charge on any atom is -0.481 e. The van der Waals surface area contributed by atoms with E-state index in [0.717, 1.165) is 54.9 Å². The molecule has 0 bridgehead atoms. The highest BCUT2D eigenvalue weighted by molar-refractivity contribution is 7.18. The molecule has 1 aromatic carbocycles. The van der Waals surface area contributed by atoms with Gasteiger partial charge in [0.1, 0.15) is 0 Å². The minimum atomic E-state index is -0.0707. The Morgan fingerprint density at radius 1 is 1.17 bits per heavy atom. The first kappa shape index (κ1) is 25.2. The highest BCUT2D eigenvalue weighted by Gasteiger charge is 2.32. The van der Waals surface area contributed by atoms with Crippen LogP contribution in [0.2, 0.25) is 0 Å². The van der Waals surface area contributed by atoms with E-state index in [1.165, 1.54) is 6.08 Å². The lowest BCUT2D eigenvalue weighted by molar-refractivity contribution is -0.131. The molecule has 0 saturated carbocycles. The van der Waals surface area contributed by atoms with Gasteiger partial charge in [-0.1, -0.05) is 18.7 Å². The number of benzene rings is 1. The van der Waals surface area contributed by atoms with Crippen molar-refractivity contribution in [1.82, 2.24) is 30.0 Å². The van der Waals surface area contributed by atoms with Crippen LogP contribution in [-0.4, -0.2) is 56.7 Å². The second-order valence-electron chi connectivity index (χ2n) is 10.2. The predicted octanol–water partition coefficient (Wildman–Crippen LogP) is 4.64. The molecule has 2 aliphatic rings. The van der Waals surface area contributed by atoms with Crippen LogP contribution >= 0.6 is 11.3 Å². The molecule has 41 heavy (non-hydrogen) atoms. The number of rotatable bonds is 6. The van der Waals surface area contributed by atoms with E-state index in [0.29, 0.717) is 31.9 Å². The summed E-state index contributed by atoms with van der Waals surface area (Å²) in [7, 11) is 1.62. The average Bonchev–Trinajstić information content (AvgIpc) is 3.66. The van der Waals surface area contributed by atoms with E-state index >= 15 is 0 Å². The fourth-order valence-corrected chi connectivity index (χ4v) is 6.53. The van der Waals surface area contributed by atoms with Gasteiger partial charge in [-0.3, -0.25) is 14.3 Å². The maximum absolute atomic E-state index is 12.0. The van der Waals surface area contributed by atoms with Crippen molar-refractivity contribution in [2.75, 3.05) is 20.2 Å². The number of likely N-dealkylation sites (tertiary alicyclic amines) is 1. The summed E-state index contributed by atoms with van der Waals surface area (Å²) < 4.78 is 8.66. The van der Waals surface area contributed by atoms with Crippen LogP contribution < -0.4 is 10.1 Å². The summed E-state index contributed by atoms with van der Waals surface area (Å²) in [6.45, 7) is 5.26. The number of carbonyl (C=O) groups excluding carboxylic acids is 2. The highest BCUT2D eigenvalue weighted by atomic mass is 32.1. The molecular formula is C31H26N6O3S. The third kappa shape index (κ3) is 4.27. The van der Waals surface area contributed by atoms with Crippen molar-refractivity contribution < 1.29 is 14.3 Å². The van der Waals surface area contributed by atoms with Crippen LogP contribution in [0.5, 0.6) is 5.88 Å². The number of pyridine rings is 2. The summed E-state index contributed by atoms with van der Waals surface area (Å²) in [5, 5.41) is 10.7. The second-order valence-corrected chi connectivity index (χ2v) is 11.1. The standard InChI is InChI=1S/C31H26N6O3S/c1-3-26(39)36-16-22(17-36)37-15-21(14-34-37)29-27(23-5-4-9-32-31(23)40-2)30-24(8-10-41-30)28(35-29)19-7-6-18-12-25(38)33-13-20(18)11-19/h3-11,14-15,22H,1,12-13,16-17H2,2H3,(H,33,38). The van der Waals surface area contributed by atoms with E-state index in [-0.39, 0.29) is 17.9 Å². The number of thiophene rings is 1. The van der Waals surface area contributed by atoms with Crippen molar-refractivity contribution in [1.29, 1.82) is 0 Å². The summed E-state index contributed by atoms with van der Waals surface area (Å²) in [5.41, 5.74) is 7.42. The molecule has 0 radical (unpaired) electrons. The van der Waals surface area contributed by atoms with Gasteiger partial charge in [0.15, 0.2) is 0 Å². The number of methoxy groups -OCH3 is 1. The molecule has 0 atom stereocenters. The number of ether oxygens (including phenoxy) is 1. The normalized spacial score (nSPS) is 14.9. The van der Waals surface area contributed by atoms with Crippen LogP contribution in [0.1, 0.15) is 17.2 Å². The first-order chi connectivity index (χ1) is 20.0. The Balaban J connectivity index is 1.39. The maximum Gasteiger partial charge on any atom is 0.246 e. The molecule has 10 heteroatoms. The molecule has 0 unspecified atom stereocenters. The van der Waals surface area contributed by atoms with Crippen LogP contribution in [-0.2, 0) is 22.6 Å². The van der Waals surface area contributed by atoms with Crippen LogP contribution in [0.4, 0.5) is 0 Å². The highest BCUT2D eigenvalue weighted by Crippen LogP contribution is 2.45. The zero-order chi connectivity index (χ0) is 28.1. The Morgan fingerprint density at radius 3 is 2.88 bits per heavy atom. The van der Waals surface area contributed by atoms with E-state index in [4.69, 9.17) is 9.72 Å². The zero-order valence-corrected chi connectivity index (χ0v) is 23.1. The van der Waals surface area contributed by atoms with Crippen LogP contribution in [0.3, 0.4) is 0 Å². The molecular weight excluding hydrogens is 536 g/mol. The first-order valence-corrected chi connectivity index (χ1v) is 14.2. The van der Waals surface area contributed by atoms with Crippen molar-refractivity contribution in [2.24, 2.45) is 0 Å². The number of nitrogens with zero attached hydrogens (tertiary/aromatic N) is 5. The fraction of sp³-hybridized carbons (Fsp3) is 0.194. The van der Waals surface area contributed by atoms with E-state index in [1.807, 2.05) is 41.3 Å². The zero-order valence-electron chi connectivity index (χ0n) is 22.3. The van der Waals surface area contributed by atoms with Crippen molar-refractivity contribution >= 4 is 33.2 Å². The average molecular weight is 563 g/mol. The molecule has 1 saturated heterocycles. The van der Waals surface area contributed by atoms with Gasteiger partial charge in [-0.2, -0.15) is 5.10 Å². The van der Waals surface area contributed by atoms with Gasteiger partial charge in [-0.15, -0.1) is 11.3 Å². The fourth-order valence-electron chi connectivity index (χ4n) is 5.58. The first-order valence-electron chi connectivity index (χ1n) is 13.3. The monoisotopic (exact) mass is 562 g/mol. The maximum atomic E-state index is 12.0. The van der Waals surface area contributed by atoms with Crippen molar-refractivity contribution in [2.45, 2.75) is 19.0 Å². The topological polar surface area (TPSA) is 102 Å². The largest absolute Gasteiger partial charge is 0.481 e. The molecule has 0 spiro atoms.